The van der Waals surface area contributed by atoms with E-state index < -0.39 is 0 Å². The molecule has 0 saturated heterocycles. The molecule has 0 amide bonds. The number of ether oxygens (including phenoxy) is 1. The number of hydrogen-bond donors (Lipinski definition) is 3. The Hall–Kier alpha value is -2.05. The molecule has 1 heterocycles. The Kier molecular flexibility index (Phi) is 9.16. The van der Waals surface area contributed by atoms with Crippen LogP contribution < -0.4 is 15.4 Å². The maximum absolute atomic E-state index is 8.14. The van der Waals surface area contributed by atoms with Crippen LogP contribution >= 0.6 is 36.2 Å². The second-order valence-electron chi connectivity index (χ2n) is 5.25. The monoisotopic (exact) mass is 409 g/mol. The van der Waals surface area contributed by atoms with Crippen LogP contribution in [0.2, 0.25) is 0 Å². The summed E-state index contributed by atoms with van der Waals surface area (Å²) in [5.41, 5.74) is 1.91. The van der Waals surface area contributed by atoms with Crippen LogP contribution in [-0.2, 0) is 6.54 Å². The third kappa shape index (κ3) is 5.75. The van der Waals surface area contributed by atoms with E-state index in [9.17, 15) is 0 Å². The summed E-state index contributed by atoms with van der Waals surface area (Å²) in [4.78, 5) is 0.912. The topological polar surface area (TPSA) is 57.1 Å². The Labute approximate surface area is 169 Å². The SMILES string of the molecule is CNCc1cc(NC(=N)c2cccs2)ccc1Oc1ccccc1.Cl.Cl. The van der Waals surface area contributed by atoms with Crippen molar-refractivity contribution in [3.63, 3.8) is 0 Å². The third-order valence-corrected chi connectivity index (χ3v) is 4.32. The van der Waals surface area contributed by atoms with Gasteiger partial charge in [0.1, 0.15) is 17.3 Å². The van der Waals surface area contributed by atoms with E-state index in [4.69, 9.17) is 10.1 Å². The largest absolute Gasteiger partial charge is 0.457 e. The molecule has 0 aliphatic rings. The zero-order valence-electron chi connectivity index (χ0n) is 14.2. The van der Waals surface area contributed by atoms with E-state index >= 15 is 0 Å². The molecule has 1 aromatic heterocycles. The molecule has 0 radical (unpaired) electrons. The van der Waals surface area contributed by atoms with Gasteiger partial charge in [-0.3, -0.25) is 5.41 Å². The molecule has 2 aromatic carbocycles. The molecular weight excluding hydrogens is 389 g/mol. The molecule has 0 atom stereocenters. The molecule has 3 rings (SSSR count). The molecule has 0 bridgehead atoms. The summed E-state index contributed by atoms with van der Waals surface area (Å²) in [5.74, 6) is 2.02. The molecule has 0 saturated carbocycles. The molecule has 0 aliphatic heterocycles. The van der Waals surface area contributed by atoms with E-state index in [1.807, 2.05) is 73.1 Å². The molecule has 7 heteroatoms. The van der Waals surface area contributed by atoms with Crippen LogP contribution in [0.3, 0.4) is 0 Å². The fourth-order valence-corrected chi connectivity index (χ4v) is 2.96. The number of anilines is 1. The predicted octanol–water partition coefficient (Wildman–Crippen LogP) is 5.54. The fraction of sp³-hybridized carbons (Fsp3) is 0.105. The van der Waals surface area contributed by atoms with Crippen molar-refractivity contribution < 1.29 is 4.74 Å². The number of para-hydroxylation sites is 1. The van der Waals surface area contributed by atoms with E-state index in [1.54, 1.807) is 11.3 Å². The summed E-state index contributed by atoms with van der Waals surface area (Å²) in [6, 6.07) is 19.5. The minimum absolute atomic E-state index is 0. The zero-order chi connectivity index (χ0) is 16.8. The first kappa shape index (κ1) is 22.0. The van der Waals surface area contributed by atoms with Crippen molar-refractivity contribution in [2.75, 3.05) is 12.4 Å². The van der Waals surface area contributed by atoms with Crippen LogP contribution in [0, 0.1) is 5.41 Å². The van der Waals surface area contributed by atoms with Crippen LogP contribution in [0.25, 0.3) is 0 Å². The van der Waals surface area contributed by atoms with Gasteiger partial charge in [-0.25, -0.2) is 0 Å². The smallest absolute Gasteiger partial charge is 0.140 e. The second kappa shape index (κ2) is 10.8. The van der Waals surface area contributed by atoms with Crippen molar-refractivity contribution in [1.29, 1.82) is 5.41 Å². The van der Waals surface area contributed by atoms with Gasteiger partial charge in [0.15, 0.2) is 0 Å². The maximum atomic E-state index is 8.14. The number of rotatable bonds is 6. The Morgan fingerprint density at radius 2 is 1.81 bits per heavy atom. The Morgan fingerprint density at radius 1 is 1.04 bits per heavy atom. The number of benzene rings is 2. The van der Waals surface area contributed by atoms with Crippen molar-refractivity contribution in [2.45, 2.75) is 6.54 Å². The lowest BCUT2D eigenvalue weighted by atomic mass is 10.1. The molecule has 0 fully saturated rings. The summed E-state index contributed by atoms with van der Waals surface area (Å²) in [6.07, 6.45) is 0. The minimum atomic E-state index is 0. The molecular formula is C19H21Cl2N3OS. The van der Waals surface area contributed by atoms with Gasteiger partial charge in [-0.1, -0.05) is 24.3 Å². The van der Waals surface area contributed by atoms with Gasteiger partial charge in [0.2, 0.25) is 0 Å². The molecule has 4 nitrogen and oxygen atoms in total. The van der Waals surface area contributed by atoms with Crippen LogP contribution in [-0.4, -0.2) is 12.9 Å². The first-order valence-electron chi connectivity index (χ1n) is 7.66. The summed E-state index contributed by atoms with van der Waals surface area (Å²) in [5, 5.41) is 16.4. The van der Waals surface area contributed by atoms with Gasteiger partial charge in [-0.15, -0.1) is 36.2 Å². The van der Waals surface area contributed by atoms with Crippen molar-refractivity contribution in [3.8, 4) is 11.5 Å². The van der Waals surface area contributed by atoms with Crippen molar-refractivity contribution in [2.24, 2.45) is 0 Å². The van der Waals surface area contributed by atoms with Crippen LogP contribution in [0.4, 0.5) is 5.69 Å². The Balaban J connectivity index is 0.00000169. The van der Waals surface area contributed by atoms with Gasteiger partial charge < -0.3 is 15.4 Å². The highest BCUT2D eigenvalue weighted by Gasteiger charge is 2.08. The summed E-state index contributed by atoms with van der Waals surface area (Å²) < 4.78 is 5.97. The average molecular weight is 410 g/mol. The first-order chi connectivity index (χ1) is 11.8. The lowest BCUT2D eigenvalue weighted by Crippen LogP contribution is -2.12. The maximum Gasteiger partial charge on any atom is 0.140 e. The van der Waals surface area contributed by atoms with Gasteiger partial charge in [0.05, 0.1) is 4.88 Å². The second-order valence-corrected chi connectivity index (χ2v) is 6.19. The van der Waals surface area contributed by atoms with E-state index in [0.29, 0.717) is 12.4 Å². The summed E-state index contributed by atoms with van der Waals surface area (Å²) in [7, 11) is 1.90. The number of thiophene rings is 1. The van der Waals surface area contributed by atoms with Crippen molar-refractivity contribution >= 4 is 47.7 Å². The fourth-order valence-electron chi connectivity index (χ4n) is 2.33. The highest BCUT2D eigenvalue weighted by atomic mass is 35.5. The molecule has 0 spiro atoms. The van der Waals surface area contributed by atoms with Gasteiger partial charge in [-0.05, 0) is 48.8 Å². The number of amidine groups is 1. The number of hydrogen-bond acceptors (Lipinski definition) is 4. The Morgan fingerprint density at radius 3 is 2.46 bits per heavy atom. The normalized spacial score (nSPS) is 9.58. The minimum Gasteiger partial charge on any atom is -0.457 e. The summed E-state index contributed by atoms with van der Waals surface area (Å²) in [6.45, 7) is 0.685. The van der Waals surface area contributed by atoms with Gasteiger partial charge in [-0.2, -0.15) is 0 Å². The van der Waals surface area contributed by atoms with Gasteiger partial charge in [0, 0.05) is 17.8 Å². The third-order valence-electron chi connectivity index (χ3n) is 3.44. The highest BCUT2D eigenvalue weighted by molar-refractivity contribution is 7.12. The van der Waals surface area contributed by atoms with E-state index in [-0.39, 0.29) is 24.8 Å². The van der Waals surface area contributed by atoms with Gasteiger partial charge in [0.25, 0.3) is 0 Å². The van der Waals surface area contributed by atoms with Crippen molar-refractivity contribution in [1.82, 2.24) is 5.32 Å². The van der Waals surface area contributed by atoms with E-state index in [2.05, 4.69) is 10.6 Å². The number of nitrogens with one attached hydrogen (secondary N) is 3. The van der Waals surface area contributed by atoms with Crippen LogP contribution in [0.15, 0.2) is 66.0 Å². The lowest BCUT2D eigenvalue weighted by molar-refractivity contribution is 0.474. The molecule has 3 aromatic rings. The molecule has 26 heavy (non-hydrogen) atoms. The van der Waals surface area contributed by atoms with Gasteiger partial charge >= 0.3 is 0 Å². The Bertz CT molecular complexity index is 811. The van der Waals surface area contributed by atoms with Crippen LogP contribution in [0.5, 0.6) is 11.5 Å². The first-order valence-corrected chi connectivity index (χ1v) is 8.54. The molecule has 0 unspecified atom stereocenters. The van der Waals surface area contributed by atoms with E-state index in [0.717, 1.165) is 27.6 Å². The highest BCUT2D eigenvalue weighted by Crippen LogP contribution is 2.28. The van der Waals surface area contributed by atoms with Crippen molar-refractivity contribution in [3.05, 3.63) is 76.5 Å². The average Bonchev–Trinajstić information content (AvgIpc) is 3.13. The van der Waals surface area contributed by atoms with Crippen LogP contribution in [0.1, 0.15) is 10.4 Å². The predicted molar refractivity (Wildman–Crippen MR) is 115 cm³/mol. The standard InChI is InChI=1S/C19H19N3OS.2ClH/c1-21-13-14-12-15(22-19(20)18-8-5-11-24-18)9-10-17(14)23-16-6-3-2-4-7-16;;/h2-12,21H,13H2,1H3,(H2,20,22);2*1H. The zero-order valence-corrected chi connectivity index (χ0v) is 16.6. The molecule has 3 N–H and O–H groups in total. The number of halogens is 2. The quantitative estimate of drug-likeness (QED) is 0.369. The molecule has 0 aliphatic carbocycles. The van der Waals surface area contributed by atoms with E-state index in [1.165, 1.54) is 0 Å². The lowest BCUT2D eigenvalue weighted by Gasteiger charge is -2.14. The molecule has 138 valence electrons. The summed E-state index contributed by atoms with van der Waals surface area (Å²) >= 11 is 1.55.